The van der Waals surface area contributed by atoms with Crippen molar-refractivity contribution in [2.45, 2.75) is 50.4 Å². The van der Waals surface area contributed by atoms with E-state index >= 15 is 0 Å². The second kappa shape index (κ2) is 7.55. The molecule has 0 saturated heterocycles. The molecule has 0 spiro atoms. The zero-order valence-electron chi connectivity index (χ0n) is 14.4. The van der Waals surface area contributed by atoms with Crippen molar-refractivity contribution >= 4 is 5.91 Å². The number of alkyl halides is 3. The van der Waals surface area contributed by atoms with E-state index < -0.39 is 11.7 Å². The van der Waals surface area contributed by atoms with Gasteiger partial charge in [0.05, 0.1) is 5.56 Å². The minimum absolute atomic E-state index is 0.0808. The number of hydrogen-bond acceptors (Lipinski definition) is 2. The zero-order chi connectivity index (χ0) is 17.9. The van der Waals surface area contributed by atoms with Crippen LogP contribution in [0.25, 0.3) is 0 Å². The normalized spacial score (nSPS) is 22.3. The topological polar surface area (TPSA) is 23.6 Å². The van der Waals surface area contributed by atoms with Gasteiger partial charge in [0.1, 0.15) is 0 Å². The predicted molar refractivity (Wildman–Crippen MR) is 87.9 cm³/mol. The molecule has 134 valence electrons. The molecule has 0 radical (unpaired) electrons. The van der Waals surface area contributed by atoms with Crippen LogP contribution in [0.4, 0.5) is 13.2 Å². The van der Waals surface area contributed by atoms with Crippen LogP contribution in [-0.4, -0.2) is 48.9 Å². The molecule has 6 heteroatoms. The highest BCUT2D eigenvalue weighted by atomic mass is 19.4. The van der Waals surface area contributed by atoms with Crippen LogP contribution in [0.15, 0.2) is 24.3 Å². The maximum absolute atomic E-state index is 12.7. The molecule has 24 heavy (non-hydrogen) atoms. The highest BCUT2D eigenvalue weighted by Gasteiger charge is 2.33. The summed E-state index contributed by atoms with van der Waals surface area (Å²) in [6, 6.07) is 4.83. The van der Waals surface area contributed by atoms with E-state index in [9.17, 15) is 18.0 Å². The van der Waals surface area contributed by atoms with E-state index in [-0.39, 0.29) is 18.0 Å². The van der Waals surface area contributed by atoms with Crippen molar-refractivity contribution in [2.75, 3.05) is 21.1 Å². The first-order valence-electron chi connectivity index (χ1n) is 8.32. The Morgan fingerprint density at radius 3 is 2.00 bits per heavy atom. The minimum atomic E-state index is -4.38. The molecule has 2 rings (SSSR count). The number of carbonyl (C=O) groups is 1. The van der Waals surface area contributed by atoms with E-state index in [1.807, 2.05) is 14.1 Å². The molecule has 2 atom stereocenters. The lowest BCUT2D eigenvalue weighted by Crippen LogP contribution is -2.49. The van der Waals surface area contributed by atoms with Gasteiger partial charge in [-0.2, -0.15) is 13.2 Å². The number of amides is 1. The van der Waals surface area contributed by atoms with Gasteiger partial charge in [0.25, 0.3) is 5.91 Å². The average molecular weight is 342 g/mol. The van der Waals surface area contributed by atoms with Crippen LogP contribution in [0.2, 0.25) is 0 Å². The molecule has 1 aliphatic rings. The molecule has 1 aromatic carbocycles. The third kappa shape index (κ3) is 4.29. The lowest BCUT2D eigenvalue weighted by Gasteiger charge is -2.37. The molecule has 1 aliphatic carbocycles. The monoisotopic (exact) mass is 342 g/mol. The largest absolute Gasteiger partial charge is 0.416 e. The van der Waals surface area contributed by atoms with Crippen molar-refractivity contribution in [1.29, 1.82) is 0 Å². The Morgan fingerprint density at radius 1 is 0.958 bits per heavy atom. The first-order valence-corrected chi connectivity index (χ1v) is 8.32. The molecule has 1 saturated carbocycles. The lowest BCUT2D eigenvalue weighted by molar-refractivity contribution is -0.137. The number of nitrogens with zero attached hydrogens (tertiary/aromatic N) is 2. The van der Waals surface area contributed by atoms with Gasteiger partial charge in [-0.05, 0) is 51.2 Å². The number of hydrogen-bond donors (Lipinski definition) is 0. The van der Waals surface area contributed by atoms with Gasteiger partial charge in [-0.3, -0.25) is 4.79 Å². The third-order valence-electron chi connectivity index (χ3n) is 4.88. The number of benzene rings is 1. The maximum atomic E-state index is 12.7. The van der Waals surface area contributed by atoms with Crippen molar-refractivity contribution in [3.8, 4) is 0 Å². The fourth-order valence-corrected chi connectivity index (χ4v) is 3.48. The number of halogens is 3. The van der Waals surface area contributed by atoms with Crippen LogP contribution in [0.1, 0.15) is 48.0 Å². The predicted octanol–water partition coefficient (Wildman–Crippen LogP) is 4.04. The Labute approximate surface area is 141 Å². The summed E-state index contributed by atoms with van der Waals surface area (Å²) in [7, 11) is 5.78. The van der Waals surface area contributed by atoms with Crippen LogP contribution >= 0.6 is 0 Å². The van der Waals surface area contributed by atoms with E-state index in [4.69, 9.17) is 0 Å². The molecule has 0 heterocycles. The molecule has 0 N–H and O–H groups in total. The third-order valence-corrected chi connectivity index (χ3v) is 4.88. The number of rotatable bonds is 3. The molecule has 1 amide bonds. The van der Waals surface area contributed by atoms with Crippen LogP contribution < -0.4 is 0 Å². The van der Waals surface area contributed by atoms with Gasteiger partial charge in [0.2, 0.25) is 0 Å². The van der Waals surface area contributed by atoms with E-state index in [2.05, 4.69) is 4.90 Å². The van der Waals surface area contributed by atoms with E-state index in [0.717, 1.165) is 44.2 Å². The first kappa shape index (κ1) is 18.8. The Morgan fingerprint density at radius 2 is 1.50 bits per heavy atom. The summed E-state index contributed by atoms with van der Waals surface area (Å²) in [5.41, 5.74) is -0.436. The molecule has 0 aliphatic heterocycles. The highest BCUT2D eigenvalue weighted by molar-refractivity contribution is 5.94. The summed E-state index contributed by atoms with van der Waals surface area (Å²) in [5.74, 6) is -0.220. The Balaban J connectivity index is 2.18. The molecular formula is C18H25F3N2O. The molecular weight excluding hydrogens is 317 g/mol. The van der Waals surface area contributed by atoms with Crippen LogP contribution in [0.5, 0.6) is 0 Å². The van der Waals surface area contributed by atoms with Gasteiger partial charge >= 0.3 is 6.18 Å². The molecule has 0 bridgehead atoms. The summed E-state index contributed by atoms with van der Waals surface area (Å²) in [4.78, 5) is 16.6. The molecule has 1 aromatic rings. The Kier molecular flexibility index (Phi) is 5.91. The highest BCUT2D eigenvalue weighted by Crippen LogP contribution is 2.30. The Bertz CT molecular complexity index is 554. The van der Waals surface area contributed by atoms with E-state index in [1.165, 1.54) is 12.1 Å². The standard InChI is InChI=1S/C18H25F3N2O/c1-22(2)15-7-5-4-6-8-16(15)23(3)17(24)13-9-11-14(12-10-13)18(19,20)21/h9-12,15-16H,4-8H2,1-3H3/t15-,16-/m1/s1. The van der Waals surface area contributed by atoms with Crippen molar-refractivity contribution in [2.24, 2.45) is 0 Å². The van der Waals surface area contributed by atoms with Crippen molar-refractivity contribution in [1.82, 2.24) is 9.80 Å². The summed E-state index contributed by atoms with van der Waals surface area (Å²) < 4.78 is 38.0. The van der Waals surface area contributed by atoms with Crippen molar-refractivity contribution in [3.05, 3.63) is 35.4 Å². The van der Waals surface area contributed by atoms with Crippen LogP contribution in [-0.2, 0) is 6.18 Å². The fourth-order valence-electron chi connectivity index (χ4n) is 3.48. The summed E-state index contributed by atoms with van der Waals surface area (Å²) >= 11 is 0. The van der Waals surface area contributed by atoms with Crippen LogP contribution in [0.3, 0.4) is 0 Å². The Hall–Kier alpha value is -1.56. The summed E-state index contributed by atoms with van der Waals surface area (Å²) in [5, 5.41) is 0. The molecule has 1 fully saturated rings. The SMILES string of the molecule is CN(C)[C@@H]1CCCCC[C@H]1N(C)C(=O)c1ccc(C(F)(F)F)cc1. The quantitative estimate of drug-likeness (QED) is 0.774. The summed E-state index contributed by atoms with van der Waals surface area (Å²) in [6.07, 6.45) is 0.934. The van der Waals surface area contributed by atoms with Crippen LogP contribution in [0, 0.1) is 0 Å². The average Bonchev–Trinajstić information content (AvgIpc) is 2.78. The van der Waals surface area contributed by atoms with Gasteiger partial charge < -0.3 is 9.80 Å². The van der Waals surface area contributed by atoms with Gasteiger partial charge in [0, 0.05) is 24.7 Å². The second-order valence-corrected chi connectivity index (χ2v) is 6.73. The van der Waals surface area contributed by atoms with Crippen molar-refractivity contribution < 1.29 is 18.0 Å². The fraction of sp³-hybridized carbons (Fsp3) is 0.611. The van der Waals surface area contributed by atoms with Gasteiger partial charge in [-0.25, -0.2) is 0 Å². The molecule has 3 nitrogen and oxygen atoms in total. The van der Waals surface area contributed by atoms with Crippen molar-refractivity contribution in [3.63, 3.8) is 0 Å². The maximum Gasteiger partial charge on any atom is 0.416 e. The van der Waals surface area contributed by atoms with E-state index in [1.54, 1.807) is 11.9 Å². The smallest absolute Gasteiger partial charge is 0.337 e. The molecule has 0 aromatic heterocycles. The van der Waals surface area contributed by atoms with Gasteiger partial charge in [0.15, 0.2) is 0 Å². The van der Waals surface area contributed by atoms with Gasteiger partial charge in [-0.1, -0.05) is 19.3 Å². The molecule has 0 unspecified atom stereocenters. The second-order valence-electron chi connectivity index (χ2n) is 6.73. The zero-order valence-corrected chi connectivity index (χ0v) is 14.4. The first-order chi connectivity index (χ1) is 11.2. The minimum Gasteiger partial charge on any atom is -0.337 e. The van der Waals surface area contributed by atoms with E-state index in [0.29, 0.717) is 5.56 Å². The summed E-state index contributed by atoms with van der Waals surface area (Å²) in [6.45, 7) is 0. The van der Waals surface area contributed by atoms with Gasteiger partial charge in [-0.15, -0.1) is 0 Å². The number of carbonyl (C=O) groups excluding carboxylic acids is 1. The number of likely N-dealkylation sites (N-methyl/N-ethyl adjacent to an activating group) is 2. The lowest BCUT2D eigenvalue weighted by atomic mass is 9.99.